The third kappa shape index (κ3) is 5.12. The molecule has 0 aliphatic carbocycles. The van der Waals surface area contributed by atoms with Gasteiger partial charge in [0.1, 0.15) is 5.82 Å². The van der Waals surface area contributed by atoms with Gasteiger partial charge in [-0.25, -0.2) is 12.8 Å². The molecule has 1 aliphatic rings. The molecular formula is C15H19FN2O2S. The molecule has 2 rings (SSSR count). The maximum atomic E-state index is 13.6. The van der Waals surface area contributed by atoms with E-state index in [1.54, 1.807) is 0 Å². The van der Waals surface area contributed by atoms with Crippen molar-refractivity contribution in [3.05, 3.63) is 35.1 Å². The van der Waals surface area contributed by atoms with Gasteiger partial charge < -0.3 is 5.73 Å². The van der Waals surface area contributed by atoms with Crippen LogP contribution < -0.4 is 5.73 Å². The van der Waals surface area contributed by atoms with Gasteiger partial charge in [-0.15, -0.1) is 0 Å². The van der Waals surface area contributed by atoms with Crippen LogP contribution in [-0.2, 0) is 16.4 Å². The molecule has 4 nitrogen and oxygen atoms in total. The molecule has 0 atom stereocenters. The summed E-state index contributed by atoms with van der Waals surface area (Å²) in [6, 6.07) is 4.66. The summed E-state index contributed by atoms with van der Waals surface area (Å²) in [7, 11) is -2.92. The molecule has 1 fully saturated rings. The molecule has 0 unspecified atom stereocenters. The molecule has 0 amide bonds. The summed E-state index contributed by atoms with van der Waals surface area (Å²) in [6.07, 6.45) is 0.623. The Morgan fingerprint density at radius 1 is 1.24 bits per heavy atom. The van der Waals surface area contributed by atoms with Crippen LogP contribution in [0.1, 0.15) is 17.5 Å². The van der Waals surface area contributed by atoms with E-state index in [4.69, 9.17) is 5.73 Å². The molecule has 0 bridgehead atoms. The minimum Gasteiger partial charge on any atom is -0.320 e. The fourth-order valence-electron chi connectivity index (χ4n) is 2.37. The van der Waals surface area contributed by atoms with Crippen molar-refractivity contribution in [2.75, 3.05) is 31.1 Å². The molecule has 1 aromatic rings. The van der Waals surface area contributed by atoms with Gasteiger partial charge in [0.2, 0.25) is 0 Å². The molecule has 6 heteroatoms. The molecule has 114 valence electrons. The molecule has 2 N–H and O–H groups in total. The third-order valence-electron chi connectivity index (χ3n) is 3.35. The van der Waals surface area contributed by atoms with Crippen LogP contribution in [0.5, 0.6) is 0 Å². The van der Waals surface area contributed by atoms with Gasteiger partial charge in [0.05, 0.1) is 18.1 Å². The predicted octanol–water partition coefficient (Wildman–Crippen LogP) is 0.756. The second-order valence-electron chi connectivity index (χ2n) is 5.14. The monoisotopic (exact) mass is 310 g/mol. The van der Waals surface area contributed by atoms with E-state index < -0.39 is 9.84 Å². The van der Waals surface area contributed by atoms with E-state index in [-0.39, 0.29) is 23.9 Å². The van der Waals surface area contributed by atoms with Crippen molar-refractivity contribution < 1.29 is 12.8 Å². The van der Waals surface area contributed by atoms with Crippen molar-refractivity contribution in [2.45, 2.75) is 13.0 Å². The summed E-state index contributed by atoms with van der Waals surface area (Å²) >= 11 is 0. The number of nitrogens with zero attached hydrogens (tertiary/aromatic N) is 1. The highest BCUT2D eigenvalue weighted by Gasteiger charge is 2.19. The lowest BCUT2D eigenvalue weighted by atomic mass is 10.1. The highest BCUT2D eigenvalue weighted by Crippen LogP contribution is 2.13. The van der Waals surface area contributed by atoms with Crippen LogP contribution in [0.2, 0.25) is 0 Å². The lowest BCUT2D eigenvalue weighted by Crippen LogP contribution is -2.26. The van der Waals surface area contributed by atoms with E-state index in [9.17, 15) is 12.8 Å². The summed E-state index contributed by atoms with van der Waals surface area (Å²) in [5.41, 5.74) is 6.71. The quantitative estimate of drug-likeness (QED) is 0.819. The average molecular weight is 310 g/mol. The van der Waals surface area contributed by atoms with Crippen LogP contribution in [0, 0.1) is 17.7 Å². The van der Waals surface area contributed by atoms with Crippen molar-refractivity contribution in [1.29, 1.82) is 0 Å². The zero-order chi connectivity index (χ0) is 15.3. The first-order chi connectivity index (χ1) is 9.98. The van der Waals surface area contributed by atoms with E-state index in [0.717, 1.165) is 5.56 Å². The largest absolute Gasteiger partial charge is 0.320 e. The molecule has 1 aromatic carbocycles. The standard InChI is InChI=1S/C15H19FN2O2S/c16-15-10-13(3-1-4-17)9-14(11-15)12-18-5-2-7-21(19,20)8-6-18/h9-11H,2,4-8,12,17H2. The van der Waals surface area contributed by atoms with Crippen molar-refractivity contribution in [3.8, 4) is 11.8 Å². The number of nitrogens with two attached hydrogens (primary N) is 1. The lowest BCUT2D eigenvalue weighted by molar-refractivity contribution is 0.287. The Labute approximate surface area is 125 Å². The van der Waals surface area contributed by atoms with Crippen molar-refractivity contribution in [1.82, 2.24) is 4.90 Å². The van der Waals surface area contributed by atoms with Gasteiger partial charge in [-0.05, 0) is 36.7 Å². The molecule has 1 heterocycles. The maximum absolute atomic E-state index is 13.6. The first-order valence-corrected chi connectivity index (χ1v) is 8.72. The summed E-state index contributed by atoms with van der Waals surface area (Å²) in [5, 5.41) is 0. The highest BCUT2D eigenvalue weighted by molar-refractivity contribution is 7.91. The molecule has 1 saturated heterocycles. The van der Waals surface area contributed by atoms with Gasteiger partial charge in [0.15, 0.2) is 9.84 Å². The maximum Gasteiger partial charge on any atom is 0.151 e. The van der Waals surface area contributed by atoms with E-state index in [0.29, 0.717) is 31.6 Å². The minimum absolute atomic E-state index is 0.169. The predicted molar refractivity (Wildman–Crippen MR) is 80.9 cm³/mol. The Hall–Kier alpha value is -1.42. The van der Waals surface area contributed by atoms with Gasteiger partial charge in [0.25, 0.3) is 0 Å². The third-order valence-corrected chi connectivity index (χ3v) is 5.06. The van der Waals surface area contributed by atoms with Gasteiger partial charge in [-0.1, -0.05) is 11.8 Å². The first kappa shape index (κ1) is 16.0. The summed E-state index contributed by atoms with van der Waals surface area (Å²) in [5.74, 6) is 5.59. The van der Waals surface area contributed by atoms with Crippen LogP contribution in [0.15, 0.2) is 18.2 Å². The normalized spacial score (nSPS) is 18.6. The SMILES string of the molecule is NCC#Cc1cc(F)cc(CN2CCCS(=O)(=O)CC2)c1. The van der Waals surface area contributed by atoms with Gasteiger partial charge in [-0.2, -0.15) is 0 Å². The smallest absolute Gasteiger partial charge is 0.151 e. The van der Waals surface area contributed by atoms with E-state index in [2.05, 4.69) is 11.8 Å². The number of hydrogen-bond donors (Lipinski definition) is 1. The minimum atomic E-state index is -2.92. The zero-order valence-corrected chi connectivity index (χ0v) is 12.6. The van der Waals surface area contributed by atoms with Crippen molar-refractivity contribution in [2.24, 2.45) is 5.73 Å². The highest BCUT2D eigenvalue weighted by atomic mass is 32.2. The Balaban J connectivity index is 2.10. The Morgan fingerprint density at radius 2 is 2.05 bits per heavy atom. The number of rotatable bonds is 2. The summed E-state index contributed by atoms with van der Waals surface area (Å²) in [6.45, 7) is 1.96. The van der Waals surface area contributed by atoms with Crippen LogP contribution in [0.4, 0.5) is 4.39 Å². The second-order valence-corrected chi connectivity index (χ2v) is 7.44. The number of benzene rings is 1. The molecule has 21 heavy (non-hydrogen) atoms. The molecular weight excluding hydrogens is 291 g/mol. The average Bonchev–Trinajstić information content (AvgIpc) is 2.57. The van der Waals surface area contributed by atoms with Crippen LogP contribution >= 0.6 is 0 Å². The van der Waals surface area contributed by atoms with E-state index in [1.165, 1.54) is 12.1 Å². The van der Waals surface area contributed by atoms with Crippen LogP contribution in [0.25, 0.3) is 0 Å². The molecule has 0 radical (unpaired) electrons. The number of hydrogen-bond acceptors (Lipinski definition) is 4. The van der Waals surface area contributed by atoms with Gasteiger partial charge in [-0.3, -0.25) is 4.90 Å². The molecule has 1 aliphatic heterocycles. The zero-order valence-electron chi connectivity index (χ0n) is 11.8. The lowest BCUT2D eigenvalue weighted by Gasteiger charge is -2.19. The second kappa shape index (κ2) is 7.03. The van der Waals surface area contributed by atoms with Gasteiger partial charge in [0, 0.05) is 18.7 Å². The molecule has 0 spiro atoms. The van der Waals surface area contributed by atoms with E-state index in [1.807, 2.05) is 11.0 Å². The Morgan fingerprint density at radius 3 is 2.81 bits per heavy atom. The number of sulfone groups is 1. The van der Waals surface area contributed by atoms with Crippen LogP contribution in [0.3, 0.4) is 0 Å². The Kier molecular flexibility index (Phi) is 5.34. The fourth-order valence-corrected chi connectivity index (χ4v) is 3.68. The van der Waals surface area contributed by atoms with Crippen molar-refractivity contribution >= 4 is 9.84 Å². The summed E-state index contributed by atoms with van der Waals surface area (Å²) < 4.78 is 36.8. The van der Waals surface area contributed by atoms with Crippen LogP contribution in [-0.4, -0.2) is 44.5 Å². The van der Waals surface area contributed by atoms with Gasteiger partial charge >= 0.3 is 0 Å². The molecule has 0 saturated carbocycles. The topological polar surface area (TPSA) is 63.4 Å². The number of halogens is 1. The first-order valence-electron chi connectivity index (χ1n) is 6.90. The fraction of sp³-hybridized carbons (Fsp3) is 0.467. The van der Waals surface area contributed by atoms with E-state index >= 15 is 0 Å². The summed E-state index contributed by atoms with van der Waals surface area (Å²) in [4.78, 5) is 2.04. The van der Waals surface area contributed by atoms with Crippen molar-refractivity contribution in [3.63, 3.8) is 0 Å². The Bertz CT molecular complexity index is 662. The molecule has 0 aromatic heterocycles.